The molecule has 0 amide bonds. The fraction of sp³-hybridized carbons (Fsp3) is 0. The molecule has 0 spiro atoms. The van der Waals surface area contributed by atoms with Gasteiger partial charge in [-0.3, -0.25) is 0 Å². The third kappa shape index (κ3) is 1.03. The van der Waals surface area contributed by atoms with Gasteiger partial charge >= 0.3 is 0 Å². The monoisotopic (exact) mass is 124 g/mol. The molecule has 0 radical (unpaired) electrons. The molecule has 0 aliphatic rings. The number of rotatable bonds is 1. The Morgan fingerprint density at radius 1 is 1.75 bits per heavy atom. The summed E-state index contributed by atoms with van der Waals surface area (Å²) in [7, 11) is 0. The Labute approximate surface area is 51.0 Å². The lowest BCUT2D eigenvalue weighted by molar-refractivity contribution is 0.00482. The van der Waals surface area contributed by atoms with Gasteiger partial charge < -0.3 is 5.53 Å². The molecule has 2 nitrogen and oxygen atoms in total. The normalized spacial score (nSPS) is 8.00. The van der Waals surface area contributed by atoms with E-state index in [-0.39, 0.29) is 0 Å². The molecule has 0 fully saturated rings. The SMILES string of the molecule is [N-]=[N+]=Cc1cccs1. The summed E-state index contributed by atoms with van der Waals surface area (Å²) >= 11 is 1.54. The fourth-order valence-electron chi connectivity index (χ4n) is 0.422. The molecule has 0 unspecified atom stereocenters. The van der Waals surface area contributed by atoms with Crippen LogP contribution in [0.1, 0.15) is 4.88 Å². The van der Waals surface area contributed by atoms with Crippen LogP contribution < -0.4 is 0 Å². The lowest BCUT2D eigenvalue weighted by Crippen LogP contribution is -1.68. The predicted molar refractivity (Wildman–Crippen MR) is 33.1 cm³/mol. The van der Waals surface area contributed by atoms with Gasteiger partial charge in [-0.1, -0.05) is 6.07 Å². The van der Waals surface area contributed by atoms with Crippen LogP contribution in [0.4, 0.5) is 0 Å². The average Bonchev–Trinajstić information content (AvgIpc) is 2.19. The maximum absolute atomic E-state index is 8.01. The van der Waals surface area contributed by atoms with Crippen molar-refractivity contribution in [2.45, 2.75) is 0 Å². The Morgan fingerprint density at radius 3 is 3.12 bits per heavy atom. The van der Waals surface area contributed by atoms with Gasteiger partial charge in [0, 0.05) is 0 Å². The van der Waals surface area contributed by atoms with Gasteiger partial charge in [-0.05, 0) is 11.4 Å². The zero-order chi connectivity index (χ0) is 5.82. The van der Waals surface area contributed by atoms with Crippen LogP contribution in [0, 0.1) is 0 Å². The van der Waals surface area contributed by atoms with Crippen LogP contribution in [0.5, 0.6) is 0 Å². The van der Waals surface area contributed by atoms with Crippen LogP contribution in [-0.2, 0) is 0 Å². The highest BCUT2D eigenvalue weighted by atomic mass is 32.1. The summed E-state index contributed by atoms with van der Waals surface area (Å²) in [5.41, 5.74) is 8.01. The van der Waals surface area contributed by atoms with Gasteiger partial charge in [0.05, 0.1) is 0 Å². The van der Waals surface area contributed by atoms with Gasteiger partial charge in [0.1, 0.15) is 4.88 Å². The summed E-state index contributed by atoms with van der Waals surface area (Å²) < 4.78 is 0. The summed E-state index contributed by atoms with van der Waals surface area (Å²) in [6, 6.07) is 3.78. The first kappa shape index (κ1) is 5.22. The summed E-state index contributed by atoms with van der Waals surface area (Å²) in [4.78, 5) is 3.83. The van der Waals surface area contributed by atoms with Gasteiger partial charge in [-0.15, -0.1) is 11.3 Å². The second-order valence-corrected chi connectivity index (χ2v) is 2.24. The van der Waals surface area contributed by atoms with Gasteiger partial charge in [0.15, 0.2) is 0 Å². The Hall–Kier alpha value is -0.920. The lowest BCUT2D eigenvalue weighted by Gasteiger charge is -1.63. The lowest BCUT2D eigenvalue weighted by atomic mass is 10.5. The van der Waals surface area contributed by atoms with E-state index in [4.69, 9.17) is 5.53 Å². The highest BCUT2D eigenvalue weighted by molar-refractivity contribution is 7.11. The summed E-state index contributed by atoms with van der Waals surface area (Å²) in [6.45, 7) is 0. The van der Waals surface area contributed by atoms with Crippen LogP contribution >= 0.6 is 11.3 Å². The maximum atomic E-state index is 8.01. The van der Waals surface area contributed by atoms with E-state index >= 15 is 0 Å². The number of nitrogens with zero attached hydrogens (tertiary/aromatic N) is 2. The molecular weight excluding hydrogens is 120 g/mol. The molecule has 3 heteroatoms. The first-order valence-electron chi connectivity index (χ1n) is 2.14. The molecule has 0 aliphatic heterocycles. The van der Waals surface area contributed by atoms with Crippen molar-refractivity contribution >= 4 is 17.6 Å². The van der Waals surface area contributed by atoms with E-state index in [1.165, 1.54) is 17.6 Å². The van der Waals surface area contributed by atoms with E-state index in [9.17, 15) is 0 Å². The van der Waals surface area contributed by atoms with E-state index < -0.39 is 0 Å². The van der Waals surface area contributed by atoms with Gasteiger partial charge in [0.25, 0.3) is 6.21 Å². The topological polar surface area (TPSA) is 36.4 Å². The molecule has 0 N–H and O–H groups in total. The van der Waals surface area contributed by atoms with E-state index in [1.54, 1.807) is 0 Å². The van der Waals surface area contributed by atoms with Crippen LogP contribution in [0.25, 0.3) is 5.53 Å². The molecule has 40 valence electrons. The van der Waals surface area contributed by atoms with Crippen LogP contribution in [0.15, 0.2) is 17.5 Å². The smallest absolute Gasteiger partial charge is 0.297 e. The minimum absolute atomic E-state index is 0.965. The van der Waals surface area contributed by atoms with Gasteiger partial charge in [0.2, 0.25) is 0 Å². The van der Waals surface area contributed by atoms with Crippen molar-refractivity contribution in [3.8, 4) is 0 Å². The number of hydrogen-bond acceptors (Lipinski definition) is 1. The third-order valence-electron chi connectivity index (χ3n) is 0.728. The zero-order valence-electron chi connectivity index (χ0n) is 4.11. The van der Waals surface area contributed by atoms with Crippen LogP contribution in [0.2, 0.25) is 0 Å². The van der Waals surface area contributed by atoms with Crippen molar-refractivity contribution in [1.82, 2.24) is 0 Å². The highest BCUT2D eigenvalue weighted by Crippen LogP contribution is 2.02. The summed E-state index contributed by atoms with van der Waals surface area (Å²) in [5, 5.41) is 1.93. The molecule has 0 atom stereocenters. The van der Waals surface area contributed by atoms with Crippen molar-refractivity contribution in [2.24, 2.45) is 0 Å². The van der Waals surface area contributed by atoms with E-state index in [0.29, 0.717) is 0 Å². The standard InChI is InChI=1S/C5H4N2S/c6-7-4-5-2-1-3-8-5/h1-4H. The molecule has 0 aliphatic carbocycles. The Bertz CT molecular complexity index is 196. The zero-order valence-corrected chi connectivity index (χ0v) is 4.93. The Balaban J connectivity index is 2.93. The summed E-state index contributed by atoms with van der Waals surface area (Å²) in [5.74, 6) is 0. The van der Waals surface area contributed by atoms with E-state index in [1.807, 2.05) is 17.5 Å². The molecule has 1 rings (SSSR count). The van der Waals surface area contributed by atoms with Gasteiger partial charge in [-0.25, -0.2) is 0 Å². The van der Waals surface area contributed by atoms with Crippen molar-refractivity contribution < 1.29 is 4.79 Å². The van der Waals surface area contributed by atoms with Crippen molar-refractivity contribution in [3.05, 3.63) is 27.9 Å². The Kier molecular flexibility index (Phi) is 1.57. The highest BCUT2D eigenvalue weighted by Gasteiger charge is 1.87. The van der Waals surface area contributed by atoms with E-state index in [2.05, 4.69) is 4.79 Å². The largest absolute Gasteiger partial charge is 0.361 e. The molecule has 1 aromatic rings. The molecule has 0 saturated heterocycles. The van der Waals surface area contributed by atoms with Crippen molar-refractivity contribution in [3.63, 3.8) is 0 Å². The minimum Gasteiger partial charge on any atom is -0.361 e. The third-order valence-corrected chi connectivity index (χ3v) is 1.54. The molecule has 0 aromatic carbocycles. The second-order valence-electron chi connectivity index (χ2n) is 1.26. The molecular formula is C5H4N2S. The maximum Gasteiger partial charge on any atom is 0.297 e. The fourth-order valence-corrected chi connectivity index (χ4v) is 1.00. The molecule has 1 aromatic heterocycles. The quantitative estimate of drug-likeness (QED) is 0.308. The van der Waals surface area contributed by atoms with Crippen molar-refractivity contribution in [1.29, 1.82) is 0 Å². The first-order chi connectivity index (χ1) is 3.93. The van der Waals surface area contributed by atoms with Crippen LogP contribution in [0.3, 0.4) is 0 Å². The van der Waals surface area contributed by atoms with Crippen molar-refractivity contribution in [2.75, 3.05) is 0 Å². The second kappa shape index (κ2) is 2.40. The number of thiophene rings is 1. The molecule has 0 bridgehead atoms. The molecule has 0 saturated carbocycles. The van der Waals surface area contributed by atoms with Crippen LogP contribution in [-0.4, -0.2) is 11.0 Å². The molecule has 8 heavy (non-hydrogen) atoms. The Morgan fingerprint density at radius 2 is 2.62 bits per heavy atom. The first-order valence-corrected chi connectivity index (χ1v) is 3.02. The van der Waals surface area contributed by atoms with E-state index in [0.717, 1.165) is 4.88 Å². The minimum atomic E-state index is 0.965. The van der Waals surface area contributed by atoms with Gasteiger partial charge in [-0.2, -0.15) is 4.79 Å². The average molecular weight is 124 g/mol. The molecule has 1 heterocycles. The number of hydrogen-bond donors (Lipinski definition) is 0. The summed E-state index contributed by atoms with van der Waals surface area (Å²) in [6.07, 6.45) is 1.41. The predicted octanol–water partition coefficient (Wildman–Crippen LogP) is 1.40.